The van der Waals surface area contributed by atoms with Crippen molar-refractivity contribution in [3.8, 4) is 0 Å². The molecular weight excluding hydrogens is 273 g/mol. The Balaban J connectivity index is 1.73. The van der Waals surface area contributed by atoms with Crippen molar-refractivity contribution in [2.24, 2.45) is 0 Å². The van der Waals surface area contributed by atoms with E-state index >= 15 is 0 Å². The van der Waals surface area contributed by atoms with Crippen LogP contribution in [0.4, 0.5) is 4.39 Å². The fourth-order valence-corrected chi connectivity index (χ4v) is 2.54. The monoisotopic (exact) mass is 295 g/mol. The summed E-state index contributed by atoms with van der Waals surface area (Å²) in [5.74, 6) is -0.465. The largest absolute Gasteiger partial charge is 0.392 e. The molecule has 1 aromatic carbocycles. The highest BCUT2D eigenvalue weighted by molar-refractivity contribution is 5.75. The molecule has 5 heteroatoms. The lowest BCUT2D eigenvalue weighted by molar-refractivity contribution is -0.122. The normalized spacial score (nSPS) is 21.5. The van der Waals surface area contributed by atoms with Crippen molar-refractivity contribution in [2.45, 2.75) is 58.0 Å². The number of nitrogens with one attached hydrogen (secondary N) is 1. The Morgan fingerprint density at radius 2 is 2.29 bits per heavy atom. The van der Waals surface area contributed by atoms with Gasteiger partial charge < -0.3 is 15.2 Å². The van der Waals surface area contributed by atoms with Gasteiger partial charge in [-0.05, 0) is 43.9 Å². The van der Waals surface area contributed by atoms with E-state index in [9.17, 15) is 9.18 Å². The van der Waals surface area contributed by atoms with E-state index in [1.54, 1.807) is 12.1 Å². The molecule has 0 bridgehead atoms. The van der Waals surface area contributed by atoms with Crippen molar-refractivity contribution in [1.82, 2.24) is 5.32 Å². The Morgan fingerprint density at radius 3 is 2.95 bits per heavy atom. The lowest BCUT2D eigenvalue weighted by Crippen LogP contribution is -2.24. The van der Waals surface area contributed by atoms with Crippen LogP contribution < -0.4 is 5.32 Å². The molecule has 0 spiro atoms. The number of benzene rings is 1. The predicted octanol–water partition coefficient (Wildman–Crippen LogP) is 2.28. The molecular formula is C16H22FNO3. The average molecular weight is 295 g/mol. The average Bonchev–Trinajstić information content (AvgIpc) is 2.90. The minimum atomic E-state index is -0.430. The lowest BCUT2D eigenvalue weighted by Gasteiger charge is -2.11. The Labute approximate surface area is 124 Å². The molecule has 1 aliphatic rings. The number of hydrogen-bond acceptors (Lipinski definition) is 3. The molecule has 0 saturated carbocycles. The Kier molecular flexibility index (Phi) is 5.70. The van der Waals surface area contributed by atoms with Crippen LogP contribution in [0.1, 0.15) is 43.7 Å². The molecule has 1 heterocycles. The molecule has 1 amide bonds. The fourth-order valence-electron chi connectivity index (χ4n) is 2.54. The number of aliphatic hydroxyl groups excluding tert-OH is 1. The van der Waals surface area contributed by atoms with Crippen molar-refractivity contribution < 1.29 is 19.0 Å². The Bertz CT molecular complexity index is 492. The van der Waals surface area contributed by atoms with Gasteiger partial charge in [0.15, 0.2) is 0 Å². The van der Waals surface area contributed by atoms with Gasteiger partial charge in [-0.25, -0.2) is 4.39 Å². The van der Waals surface area contributed by atoms with Gasteiger partial charge in [0.05, 0.1) is 18.8 Å². The molecule has 0 aromatic heterocycles. The van der Waals surface area contributed by atoms with Crippen LogP contribution >= 0.6 is 0 Å². The van der Waals surface area contributed by atoms with Crippen molar-refractivity contribution in [1.29, 1.82) is 0 Å². The molecule has 1 saturated heterocycles. The summed E-state index contributed by atoms with van der Waals surface area (Å²) in [6.07, 6.45) is 3.75. The number of carbonyl (C=O) groups is 1. The van der Waals surface area contributed by atoms with Gasteiger partial charge in [-0.2, -0.15) is 0 Å². The van der Waals surface area contributed by atoms with E-state index in [0.29, 0.717) is 19.1 Å². The summed E-state index contributed by atoms with van der Waals surface area (Å²) >= 11 is 0. The van der Waals surface area contributed by atoms with Gasteiger partial charge in [0, 0.05) is 18.5 Å². The Hall–Kier alpha value is -1.46. The first-order valence-electron chi connectivity index (χ1n) is 7.39. The number of carbonyl (C=O) groups excluding carboxylic acids is 1. The number of amides is 1. The first-order chi connectivity index (χ1) is 10.1. The van der Waals surface area contributed by atoms with Gasteiger partial charge in [-0.15, -0.1) is 0 Å². The lowest BCUT2D eigenvalue weighted by atomic mass is 10.1. The molecule has 4 nitrogen and oxygen atoms in total. The third kappa shape index (κ3) is 4.79. The molecule has 1 aromatic rings. The van der Waals surface area contributed by atoms with Crippen LogP contribution in [0.5, 0.6) is 0 Å². The van der Waals surface area contributed by atoms with Gasteiger partial charge in [0.1, 0.15) is 5.82 Å². The van der Waals surface area contributed by atoms with Crippen LogP contribution in [-0.2, 0) is 22.7 Å². The van der Waals surface area contributed by atoms with Crippen LogP contribution in [-0.4, -0.2) is 23.2 Å². The minimum absolute atomic E-state index is 0.0342. The van der Waals surface area contributed by atoms with Crippen LogP contribution in [0.25, 0.3) is 0 Å². The van der Waals surface area contributed by atoms with Gasteiger partial charge in [-0.3, -0.25) is 4.79 Å². The molecule has 1 fully saturated rings. The van der Waals surface area contributed by atoms with E-state index in [2.05, 4.69) is 5.32 Å². The highest BCUT2D eigenvalue weighted by Gasteiger charge is 2.22. The zero-order valence-corrected chi connectivity index (χ0v) is 12.3. The first kappa shape index (κ1) is 15.9. The van der Waals surface area contributed by atoms with E-state index in [1.165, 1.54) is 6.07 Å². The highest BCUT2D eigenvalue weighted by Crippen LogP contribution is 2.22. The summed E-state index contributed by atoms with van der Waals surface area (Å²) in [6, 6.07) is 4.48. The summed E-state index contributed by atoms with van der Waals surface area (Å²) < 4.78 is 18.9. The smallest absolute Gasteiger partial charge is 0.220 e. The maximum atomic E-state index is 13.2. The number of ether oxygens (including phenoxy) is 1. The molecule has 0 radical (unpaired) electrons. The van der Waals surface area contributed by atoms with Crippen LogP contribution in [0.15, 0.2) is 18.2 Å². The molecule has 2 unspecified atom stereocenters. The second-order valence-corrected chi connectivity index (χ2v) is 5.55. The molecule has 116 valence electrons. The minimum Gasteiger partial charge on any atom is -0.392 e. The molecule has 0 aliphatic carbocycles. The SMILES string of the molecule is CC1CCC(CCC(=O)NCc2ccc(F)c(CO)c2)O1. The molecule has 2 N–H and O–H groups in total. The van der Waals surface area contributed by atoms with E-state index in [0.717, 1.165) is 24.8 Å². The van der Waals surface area contributed by atoms with Crippen molar-refractivity contribution >= 4 is 5.91 Å². The summed E-state index contributed by atoms with van der Waals surface area (Å²) in [6.45, 7) is 2.05. The zero-order valence-electron chi connectivity index (χ0n) is 12.3. The van der Waals surface area contributed by atoms with E-state index in [-0.39, 0.29) is 24.2 Å². The third-order valence-electron chi connectivity index (χ3n) is 3.78. The maximum Gasteiger partial charge on any atom is 0.220 e. The second kappa shape index (κ2) is 7.52. The van der Waals surface area contributed by atoms with Crippen molar-refractivity contribution in [3.63, 3.8) is 0 Å². The van der Waals surface area contributed by atoms with Gasteiger partial charge in [0.2, 0.25) is 5.91 Å². The number of rotatable bonds is 6. The zero-order chi connectivity index (χ0) is 15.2. The standard InChI is InChI=1S/C16H22FNO3/c1-11-2-4-14(21-11)5-7-16(20)18-9-12-3-6-15(17)13(8-12)10-19/h3,6,8,11,14,19H,2,4-5,7,9-10H2,1H3,(H,18,20). The first-order valence-corrected chi connectivity index (χ1v) is 7.39. The van der Waals surface area contributed by atoms with Gasteiger partial charge in [-0.1, -0.05) is 6.07 Å². The summed E-state index contributed by atoms with van der Waals surface area (Å²) in [5.41, 5.74) is 1.02. The number of halogens is 1. The van der Waals surface area contributed by atoms with E-state index in [1.807, 2.05) is 6.92 Å². The third-order valence-corrected chi connectivity index (χ3v) is 3.78. The highest BCUT2D eigenvalue weighted by atomic mass is 19.1. The maximum absolute atomic E-state index is 13.2. The topological polar surface area (TPSA) is 58.6 Å². The number of hydrogen-bond donors (Lipinski definition) is 2. The molecule has 2 rings (SSSR count). The summed E-state index contributed by atoms with van der Waals surface area (Å²) in [5, 5.41) is 11.8. The van der Waals surface area contributed by atoms with Crippen LogP contribution in [0.2, 0.25) is 0 Å². The fraction of sp³-hybridized carbons (Fsp3) is 0.562. The molecule has 21 heavy (non-hydrogen) atoms. The summed E-state index contributed by atoms with van der Waals surface area (Å²) in [7, 11) is 0. The van der Waals surface area contributed by atoms with Crippen LogP contribution in [0, 0.1) is 5.82 Å². The second-order valence-electron chi connectivity index (χ2n) is 5.55. The summed E-state index contributed by atoms with van der Waals surface area (Å²) in [4.78, 5) is 11.8. The van der Waals surface area contributed by atoms with Gasteiger partial charge in [0.25, 0.3) is 0 Å². The van der Waals surface area contributed by atoms with E-state index in [4.69, 9.17) is 9.84 Å². The van der Waals surface area contributed by atoms with Crippen molar-refractivity contribution in [3.05, 3.63) is 35.1 Å². The molecule has 2 atom stereocenters. The molecule has 1 aliphatic heterocycles. The van der Waals surface area contributed by atoms with Crippen molar-refractivity contribution in [2.75, 3.05) is 0 Å². The van der Waals surface area contributed by atoms with Crippen LogP contribution in [0.3, 0.4) is 0 Å². The quantitative estimate of drug-likeness (QED) is 0.846. The predicted molar refractivity (Wildman–Crippen MR) is 77.0 cm³/mol. The van der Waals surface area contributed by atoms with E-state index < -0.39 is 5.82 Å². The number of aliphatic hydroxyl groups is 1. The Morgan fingerprint density at radius 1 is 1.48 bits per heavy atom. The van der Waals surface area contributed by atoms with Gasteiger partial charge >= 0.3 is 0 Å².